The number of halogens is 1. The fraction of sp³-hybridized carbons (Fsp3) is 0.500. The highest BCUT2D eigenvalue weighted by Crippen LogP contribution is 2.30. The van der Waals surface area contributed by atoms with E-state index in [2.05, 4.69) is 62.8 Å². The number of aromatic nitrogens is 2. The van der Waals surface area contributed by atoms with Crippen molar-refractivity contribution in [2.24, 2.45) is 0 Å². The molecular formula is C20H26BrN3. The van der Waals surface area contributed by atoms with Gasteiger partial charge in [0.05, 0.1) is 0 Å². The van der Waals surface area contributed by atoms with Gasteiger partial charge in [-0.1, -0.05) is 26.0 Å². The summed E-state index contributed by atoms with van der Waals surface area (Å²) in [6.45, 7) is 7.01. The van der Waals surface area contributed by atoms with Crippen molar-refractivity contribution in [3.63, 3.8) is 0 Å². The molecule has 2 aromatic rings. The summed E-state index contributed by atoms with van der Waals surface area (Å²) in [5, 5.41) is 0. The summed E-state index contributed by atoms with van der Waals surface area (Å²) in [5.74, 6) is 0. The monoisotopic (exact) mass is 387 g/mol. The average molecular weight is 388 g/mol. The van der Waals surface area contributed by atoms with Gasteiger partial charge in [-0.15, -0.1) is 0 Å². The van der Waals surface area contributed by atoms with E-state index < -0.39 is 0 Å². The predicted octanol–water partition coefficient (Wildman–Crippen LogP) is 4.89. The second kappa shape index (κ2) is 8.21. The molecule has 128 valence electrons. The van der Waals surface area contributed by atoms with Crippen LogP contribution in [0.4, 0.5) is 0 Å². The van der Waals surface area contributed by atoms with E-state index in [9.17, 15) is 0 Å². The number of rotatable bonds is 6. The van der Waals surface area contributed by atoms with Gasteiger partial charge < -0.3 is 4.90 Å². The molecular weight excluding hydrogens is 362 g/mol. The predicted molar refractivity (Wildman–Crippen MR) is 103 cm³/mol. The summed E-state index contributed by atoms with van der Waals surface area (Å²) >= 11 is 3.51. The molecule has 0 amide bonds. The van der Waals surface area contributed by atoms with Crippen LogP contribution in [0.15, 0.2) is 35.2 Å². The van der Waals surface area contributed by atoms with E-state index in [1.165, 1.54) is 49.9 Å². The lowest BCUT2D eigenvalue weighted by molar-refractivity contribution is 0.180. The molecule has 1 atom stereocenters. The van der Waals surface area contributed by atoms with Crippen molar-refractivity contribution in [1.82, 2.24) is 14.9 Å². The van der Waals surface area contributed by atoms with Crippen molar-refractivity contribution >= 4 is 15.9 Å². The minimum atomic E-state index is 0.700. The van der Waals surface area contributed by atoms with Gasteiger partial charge in [0.25, 0.3) is 0 Å². The molecule has 0 radical (unpaired) electrons. The van der Waals surface area contributed by atoms with Crippen LogP contribution in [0.5, 0.6) is 0 Å². The summed E-state index contributed by atoms with van der Waals surface area (Å²) in [7, 11) is 0. The lowest BCUT2D eigenvalue weighted by Gasteiger charge is -2.35. The third-order valence-electron chi connectivity index (χ3n) is 4.87. The van der Waals surface area contributed by atoms with Crippen LogP contribution in [-0.2, 0) is 12.8 Å². The van der Waals surface area contributed by atoms with Crippen LogP contribution in [0.25, 0.3) is 11.3 Å². The molecule has 0 N–H and O–H groups in total. The maximum Gasteiger partial charge on any atom is 0.132 e. The molecule has 0 spiro atoms. The zero-order valence-corrected chi connectivity index (χ0v) is 16.2. The van der Waals surface area contributed by atoms with E-state index >= 15 is 0 Å². The largest absolute Gasteiger partial charge is 0.300 e. The first-order chi connectivity index (χ1) is 11.7. The van der Waals surface area contributed by atoms with Gasteiger partial charge in [-0.2, -0.15) is 0 Å². The van der Waals surface area contributed by atoms with Crippen LogP contribution < -0.4 is 0 Å². The fourth-order valence-corrected chi connectivity index (χ4v) is 4.21. The Morgan fingerprint density at radius 3 is 2.54 bits per heavy atom. The Kier molecular flexibility index (Phi) is 6.01. The van der Waals surface area contributed by atoms with Gasteiger partial charge in [-0.25, -0.2) is 4.98 Å². The first-order valence-electron chi connectivity index (χ1n) is 9.05. The zero-order chi connectivity index (χ0) is 16.9. The number of aryl methyl sites for hydroxylation is 1. The van der Waals surface area contributed by atoms with Crippen molar-refractivity contribution in [2.75, 3.05) is 13.1 Å². The first-order valence-corrected chi connectivity index (χ1v) is 9.85. The Morgan fingerprint density at radius 2 is 1.83 bits per heavy atom. The number of fused-ring (bicyclic) bond motifs is 1. The standard InChI is InChI=1S/C20H26BrN3/c1-3-11-24(12-4-2)18-8-7-15-13-17(6-5-16(15)14-18)19-20(21)23-10-9-22-19/h5-6,9-10,13,18H,3-4,7-8,11-12,14H2,1-2H3. The van der Waals surface area contributed by atoms with E-state index in [1.54, 1.807) is 12.4 Å². The molecule has 0 bridgehead atoms. The third kappa shape index (κ3) is 3.86. The lowest BCUT2D eigenvalue weighted by Crippen LogP contribution is -2.40. The van der Waals surface area contributed by atoms with Crippen LogP contribution in [0, 0.1) is 0 Å². The van der Waals surface area contributed by atoms with E-state index in [4.69, 9.17) is 0 Å². The molecule has 3 rings (SSSR count). The molecule has 1 unspecified atom stereocenters. The molecule has 24 heavy (non-hydrogen) atoms. The Bertz CT molecular complexity index is 680. The van der Waals surface area contributed by atoms with E-state index in [0.717, 1.165) is 22.3 Å². The molecule has 1 aliphatic carbocycles. The number of benzene rings is 1. The minimum absolute atomic E-state index is 0.700. The van der Waals surface area contributed by atoms with Crippen molar-refractivity contribution in [1.29, 1.82) is 0 Å². The van der Waals surface area contributed by atoms with Gasteiger partial charge in [-0.3, -0.25) is 4.98 Å². The van der Waals surface area contributed by atoms with E-state index in [-0.39, 0.29) is 0 Å². The third-order valence-corrected chi connectivity index (χ3v) is 5.45. The van der Waals surface area contributed by atoms with Crippen LogP contribution in [0.3, 0.4) is 0 Å². The number of nitrogens with zero attached hydrogens (tertiary/aromatic N) is 3. The molecule has 3 nitrogen and oxygen atoms in total. The van der Waals surface area contributed by atoms with E-state index in [0.29, 0.717) is 6.04 Å². The summed E-state index contributed by atoms with van der Waals surface area (Å²) in [6, 6.07) is 7.50. The van der Waals surface area contributed by atoms with Gasteiger partial charge in [0.15, 0.2) is 0 Å². The summed E-state index contributed by atoms with van der Waals surface area (Å²) in [5.41, 5.74) is 5.08. The second-order valence-electron chi connectivity index (χ2n) is 6.61. The smallest absolute Gasteiger partial charge is 0.132 e. The first kappa shape index (κ1) is 17.6. The summed E-state index contributed by atoms with van der Waals surface area (Å²) in [6.07, 6.45) is 9.55. The van der Waals surface area contributed by atoms with Crippen molar-refractivity contribution in [3.05, 3.63) is 46.3 Å². The minimum Gasteiger partial charge on any atom is -0.300 e. The highest BCUT2D eigenvalue weighted by molar-refractivity contribution is 9.10. The molecule has 0 saturated heterocycles. The summed E-state index contributed by atoms with van der Waals surface area (Å²) < 4.78 is 0.815. The molecule has 1 aromatic heterocycles. The second-order valence-corrected chi connectivity index (χ2v) is 7.36. The molecule has 4 heteroatoms. The Balaban J connectivity index is 1.80. The van der Waals surface area contributed by atoms with Gasteiger partial charge in [-0.05, 0) is 78.3 Å². The molecule has 0 fully saturated rings. The van der Waals surface area contributed by atoms with Crippen LogP contribution in [0.1, 0.15) is 44.2 Å². The van der Waals surface area contributed by atoms with Crippen molar-refractivity contribution < 1.29 is 0 Å². The molecule has 0 aliphatic heterocycles. The quantitative estimate of drug-likeness (QED) is 0.706. The SMILES string of the molecule is CCCN(CCC)C1CCc2cc(-c3nccnc3Br)ccc2C1. The maximum atomic E-state index is 4.47. The van der Waals surface area contributed by atoms with Gasteiger partial charge in [0.1, 0.15) is 10.3 Å². The fourth-order valence-electron chi connectivity index (χ4n) is 3.76. The van der Waals surface area contributed by atoms with Gasteiger partial charge in [0, 0.05) is 24.0 Å². The molecule has 1 aromatic carbocycles. The molecule has 1 heterocycles. The number of hydrogen-bond donors (Lipinski definition) is 0. The number of hydrogen-bond acceptors (Lipinski definition) is 3. The van der Waals surface area contributed by atoms with Crippen molar-refractivity contribution in [2.45, 2.75) is 52.0 Å². The van der Waals surface area contributed by atoms with Crippen molar-refractivity contribution in [3.8, 4) is 11.3 Å². The van der Waals surface area contributed by atoms with E-state index in [1.807, 2.05) is 0 Å². The van der Waals surface area contributed by atoms with Crippen LogP contribution >= 0.6 is 15.9 Å². The van der Waals surface area contributed by atoms with Gasteiger partial charge >= 0.3 is 0 Å². The van der Waals surface area contributed by atoms with Gasteiger partial charge in [0.2, 0.25) is 0 Å². The normalized spacial score (nSPS) is 17.1. The Labute approximate surface area is 153 Å². The molecule has 1 aliphatic rings. The van der Waals surface area contributed by atoms with Crippen LogP contribution in [0.2, 0.25) is 0 Å². The Morgan fingerprint density at radius 1 is 1.08 bits per heavy atom. The molecule has 0 saturated carbocycles. The maximum absolute atomic E-state index is 4.47. The Hall–Kier alpha value is -1.26. The average Bonchev–Trinajstić information content (AvgIpc) is 2.61. The highest BCUT2D eigenvalue weighted by Gasteiger charge is 2.23. The zero-order valence-electron chi connectivity index (χ0n) is 14.6. The lowest BCUT2D eigenvalue weighted by atomic mass is 9.86. The topological polar surface area (TPSA) is 29.0 Å². The summed E-state index contributed by atoms with van der Waals surface area (Å²) in [4.78, 5) is 11.5. The highest BCUT2D eigenvalue weighted by atomic mass is 79.9. The van der Waals surface area contributed by atoms with Crippen LogP contribution in [-0.4, -0.2) is 34.0 Å².